The summed E-state index contributed by atoms with van der Waals surface area (Å²) in [6.45, 7) is 11.0. The van der Waals surface area contributed by atoms with Crippen LogP contribution < -0.4 is 5.32 Å². The Bertz CT molecular complexity index is 315. The maximum absolute atomic E-state index is 11.8. The summed E-state index contributed by atoms with van der Waals surface area (Å²) in [5.74, 6) is 0.270. The van der Waals surface area contributed by atoms with Gasteiger partial charge in [-0.05, 0) is 5.92 Å². The van der Waals surface area contributed by atoms with Crippen LogP contribution in [0.5, 0.6) is 0 Å². The molecule has 1 fully saturated rings. The highest BCUT2D eigenvalue weighted by Crippen LogP contribution is 1.98. The fourth-order valence-electron chi connectivity index (χ4n) is 1.98. The first-order chi connectivity index (χ1) is 9.49. The van der Waals surface area contributed by atoms with E-state index in [9.17, 15) is 9.59 Å². The molecule has 1 saturated heterocycles. The number of ether oxygens (including phenoxy) is 1. The molecule has 1 aliphatic rings. The Morgan fingerprint density at radius 3 is 2.50 bits per heavy atom. The van der Waals surface area contributed by atoms with Gasteiger partial charge in [-0.25, -0.2) is 0 Å². The van der Waals surface area contributed by atoms with Crippen LogP contribution >= 0.6 is 0 Å². The second-order valence-electron chi connectivity index (χ2n) is 5.59. The molecule has 0 aromatic rings. The van der Waals surface area contributed by atoms with Gasteiger partial charge in [0.2, 0.25) is 11.8 Å². The van der Waals surface area contributed by atoms with Crippen molar-refractivity contribution >= 4 is 11.8 Å². The Hall–Kier alpha value is -1.14. The monoisotopic (exact) mass is 285 g/mol. The number of nitrogens with one attached hydrogen (secondary N) is 1. The molecule has 0 unspecified atom stereocenters. The lowest BCUT2D eigenvalue weighted by Gasteiger charge is -2.29. The third kappa shape index (κ3) is 6.86. The van der Waals surface area contributed by atoms with Gasteiger partial charge in [-0.2, -0.15) is 0 Å². The third-order valence-corrected chi connectivity index (χ3v) is 3.28. The molecule has 0 aliphatic carbocycles. The predicted octanol–water partition coefficient (Wildman–Crippen LogP) is -0.0607. The van der Waals surface area contributed by atoms with E-state index in [1.54, 1.807) is 4.90 Å². The first kappa shape index (κ1) is 16.9. The quantitative estimate of drug-likeness (QED) is 0.712. The summed E-state index contributed by atoms with van der Waals surface area (Å²) in [4.78, 5) is 27.2. The van der Waals surface area contributed by atoms with Crippen molar-refractivity contribution in [2.75, 3.05) is 52.5 Å². The Balaban J connectivity index is 2.31. The lowest BCUT2D eigenvalue weighted by Crippen LogP contribution is -2.46. The van der Waals surface area contributed by atoms with Crippen molar-refractivity contribution in [3.05, 3.63) is 0 Å². The molecule has 0 radical (unpaired) electrons. The second kappa shape index (κ2) is 8.92. The van der Waals surface area contributed by atoms with Crippen molar-refractivity contribution in [2.45, 2.75) is 20.8 Å². The molecule has 0 bridgehead atoms. The van der Waals surface area contributed by atoms with E-state index in [4.69, 9.17) is 4.74 Å². The van der Waals surface area contributed by atoms with Gasteiger partial charge in [-0.1, -0.05) is 13.8 Å². The third-order valence-electron chi connectivity index (χ3n) is 3.28. The van der Waals surface area contributed by atoms with Gasteiger partial charge in [0, 0.05) is 39.6 Å². The predicted molar refractivity (Wildman–Crippen MR) is 77.4 cm³/mol. The SMILES string of the molecule is CC(=O)N(CCN1CCOCC1)CC(=O)NCC(C)C. The Labute approximate surface area is 121 Å². The minimum Gasteiger partial charge on any atom is -0.379 e. The molecule has 0 atom stereocenters. The maximum Gasteiger partial charge on any atom is 0.239 e. The molecule has 1 N–H and O–H groups in total. The van der Waals surface area contributed by atoms with Crippen LogP contribution in [-0.4, -0.2) is 74.1 Å². The van der Waals surface area contributed by atoms with Gasteiger partial charge in [0.15, 0.2) is 0 Å². The minimum atomic E-state index is -0.0872. The zero-order valence-corrected chi connectivity index (χ0v) is 12.9. The summed E-state index contributed by atoms with van der Waals surface area (Å²) in [6, 6.07) is 0. The van der Waals surface area contributed by atoms with Crippen LogP contribution in [0.25, 0.3) is 0 Å². The highest BCUT2D eigenvalue weighted by molar-refractivity contribution is 5.83. The highest BCUT2D eigenvalue weighted by atomic mass is 16.5. The van der Waals surface area contributed by atoms with E-state index in [-0.39, 0.29) is 18.4 Å². The van der Waals surface area contributed by atoms with Crippen LogP contribution in [0.15, 0.2) is 0 Å². The average molecular weight is 285 g/mol. The Kier molecular flexibility index (Phi) is 7.54. The largest absolute Gasteiger partial charge is 0.379 e. The number of hydrogen-bond donors (Lipinski definition) is 1. The van der Waals surface area contributed by atoms with E-state index in [1.807, 2.05) is 13.8 Å². The van der Waals surface area contributed by atoms with Gasteiger partial charge < -0.3 is 15.0 Å². The van der Waals surface area contributed by atoms with Crippen LogP contribution in [0.1, 0.15) is 20.8 Å². The average Bonchev–Trinajstić information content (AvgIpc) is 2.42. The Morgan fingerprint density at radius 1 is 1.30 bits per heavy atom. The summed E-state index contributed by atoms with van der Waals surface area (Å²) < 4.78 is 5.29. The van der Waals surface area contributed by atoms with Gasteiger partial charge in [0.1, 0.15) is 0 Å². The zero-order valence-electron chi connectivity index (χ0n) is 12.9. The van der Waals surface area contributed by atoms with Crippen molar-refractivity contribution in [1.29, 1.82) is 0 Å². The van der Waals surface area contributed by atoms with E-state index in [2.05, 4.69) is 10.2 Å². The topological polar surface area (TPSA) is 61.9 Å². The van der Waals surface area contributed by atoms with E-state index < -0.39 is 0 Å². The zero-order chi connectivity index (χ0) is 15.0. The molecular weight excluding hydrogens is 258 g/mol. The summed E-state index contributed by atoms with van der Waals surface area (Å²) in [6.07, 6.45) is 0. The number of carbonyl (C=O) groups is 2. The number of amides is 2. The van der Waals surface area contributed by atoms with E-state index in [0.717, 1.165) is 32.8 Å². The number of carbonyl (C=O) groups excluding carboxylic acids is 2. The molecule has 0 saturated carbocycles. The van der Waals surface area contributed by atoms with Crippen LogP contribution in [-0.2, 0) is 14.3 Å². The number of morpholine rings is 1. The first-order valence-electron chi connectivity index (χ1n) is 7.31. The summed E-state index contributed by atoms with van der Waals surface area (Å²) in [7, 11) is 0. The minimum absolute atomic E-state index is 0.0574. The molecule has 1 aliphatic heterocycles. The van der Waals surface area contributed by atoms with Gasteiger partial charge in [-0.15, -0.1) is 0 Å². The maximum atomic E-state index is 11.8. The van der Waals surface area contributed by atoms with Crippen molar-refractivity contribution in [3.63, 3.8) is 0 Å². The summed E-state index contributed by atoms with van der Waals surface area (Å²) in [5, 5.41) is 2.84. The Morgan fingerprint density at radius 2 is 1.95 bits per heavy atom. The van der Waals surface area contributed by atoms with Crippen molar-refractivity contribution in [2.24, 2.45) is 5.92 Å². The molecule has 20 heavy (non-hydrogen) atoms. The second-order valence-corrected chi connectivity index (χ2v) is 5.59. The molecular formula is C14H27N3O3. The summed E-state index contributed by atoms with van der Waals surface area (Å²) >= 11 is 0. The van der Waals surface area contributed by atoms with Gasteiger partial charge >= 0.3 is 0 Å². The van der Waals surface area contributed by atoms with Crippen LogP contribution in [0.3, 0.4) is 0 Å². The van der Waals surface area contributed by atoms with Crippen LogP contribution in [0, 0.1) is 5.92 Å². The first-order valence-corrected chi connectivity index (χ1v) is 7.31. The van der Waals surface area contributed by atoms with E-state index >= 15 is 0 Å². The molecule has 2 amide bonds. The smallest absolute Gasteiger partial charge is 0.239 e. The molecule has 1 heterocycles. The normalized spacial score (nSPS) is 16.2. The van der Waals surface area contributed by atoms with Gasteiger partial charge in [-0.3, -0.25) is 14.5 Å². The molecule has 0 aromatic heterocycles. The lowest BCUT2D eigenvalue weighted by molar-refractivity contribution is -0.134. The number of nitrogens with zero attached hydrogens (tertiary/aromatic N) is 2. The fourth-order valence-corrected chi connectivity index (χ4v) is 1.98. The highest BCUT2D eigenvalue weighted by Gasteiger charge is 2.16. The number of hydrogen-bond acceptors (Lipinski definition) is 4. The standard InChI is InChI=1S/C14H27N3O3/c1-12(2)10-15-14(19)11-17(13(3)18)5-4-16-6-8-20-9-7-16/h12H,4-11H2,1-3H3,(H,15,19). The van der Waals surface area contributed by atoms with Crippen LogP contribution in [0.2, 0.25) is 0 Å². The fraction of sp³-hybridized carbons (Fsp3) is 0.857. The molecule has 6 nitrogen and oxygen atoms in total. The lowest BCUT2D eigenvalue weighted by atomic mass is 10.2. The summed E-state index contributed by atoms with van der Waals surface area (Å²) in [5.41, 5.74) is 0. The molecule has 1 rings (SSSR count). The van der Waals surface area contributed by atoms with Gasteiger partial charge in [0.25, 0.3) is 0 Å². The molecule has 0 spiro atoms. The molecule has 6 heteroatoms. The van der Waals surface area contributed by atoms with E-state index in [1.165, 1.54) is 6.92 Å². The van der Waals surface area contributed by atoms with Crippen molar-refractivity contribution in [3.8, 4) is 0 Å². The molecule has 116 valence electrons. The van der Waals surface area contributed by atoms with Crippen LogP contribution in [0.4, 0.5) is 0 Å². The van der Waals surface area contributed by atoms with Gasteiger partial charge in [0.05, 0.1) is 19.8 Å². The van der Waals surface area contributed by atoms with Crippen molar-refractivity contribution < 1.29 is 14.3 Å². The number of rotatable bonds is 7. The molecule has 0 aromatic carbocycles. The van der Waals surface area contributed by atoms with E-state index in [0.29, 0.717) is 19.0 Å². The van der Waals surface area contributed by atoms with Crippen molar-refractivity contribution in [1.82, 2.24) is 15.1 Å².